The topological polar surface area (TPSA) is 49.8 Å². The zero-order chi connectivity index (χ0) is 15.2. The summed E-state index contributed by atoms with van der Waals surface area (Å²) in [4.78, 5) is 13.5. The number of hydrogen-bond acceptors (Lipinski definition) is 3. The number of rotatable bonds is 6. The van der Waals surface area contributed by atoms with Crippen LogP contribution in [0.2, 0.25) is 0 Å². The van der Waals surface area contributed by atoms with Gasteiger partial charge in [0, 0.05) is 25.3 Å². The minimum atomic E-state index is -0.823. The number of aliphatic carboxylic acids is 1. The molecular weight excluding hydrogens is 266 g/mol. The molecule has 0 aliphatic rings. The molecule has 0 aliphatic heterocycles. The van der Waals surface area contributed by atoms with Gasteiger partial charge in [0.25, 0.3) is 0 Å². The molecule has 0 amide bonds. The maximum Gasteiger partial charge on any atom is 0.312 e. The van der Waals surface area contributed by atoms with Gasteiger partial charge in [-0.1, -0.05) is 36.4 Å². The van der Waals surface area contributed by atoms with Gasteiger partial charge in [0.1, 0.15) is 5.75 Å². The third-order valence-electron chi connectivity index (χ3n) is 3.45. The maximum atomic E-state index is 11.5. The van der Waals surface area contributed by atoms with Crippen molar-refractivity contribution in [3.8, 4) is 5.75 Å². The number of ether oxygens (including phenoxy) is 1. The molecular formula is C17H19NO3. The van der Waals surface area contributed by atoms with Gasteiger partial charge in [0.2, 0.25) is 0 Å². The monoisotopic (exact) mass is 285 g/mol. The molecule has 0 spiro atoms. The van der Waals surface area contributed by atoms with Crippen molar-refractivity contribution in [1.82, 2.24) is 0 Å². The molecule has 0 aromatic heterocycles. The van der Waals surface area contributed by atoms with Crippen LogP contribution in [0.5, 0.6) is 5.75 Å². The van der Waals surface area contributed by atoms with E-state index < -0.39 is 11.9 Å². The molecule has 1 unspecified atom stereocenters. The van der Waals surface area contributed by atoms with Crippen LogP contribution in [-0.2, 0) is 4.79 Å². The van der Waals surface area contributed by atoms with Crippen molar-refractivity contribution in [2.45, 2.75) is 5.92 Å². The summed E-state index contributed by atoms with van der Waals surface area (Å²) in [5.41, 5.74) is 1.73. The maximum absolute atomic E-state index is 11.5. The number of benzene rings is 2. The van der Waals surface area contributed by atoms with Gasteiger partial charge in [0.05, 0.1) is 13.0 Å². The summed E-state index contributed by atoms with van der Waals surface area (Å²) in [5, 5.41) is 9.47. The second-order valence-corrected chi connectivity index (χ2v) is 4.88. The Hall–Kier alpha value is -2.49. The van der Waals surface area contributed by atoms with E-state index in [4.69, 9.17) is 4.74 Å². The standard InChI is InChI=1S/C17H19NO3/c1-18(14-9-6-10-15(11-14)21-2)12-16(17(19)20)13-7-4-3-5-8-13/h3-11,16H,12H2,1-2H3,(H,19,20). The Labute approximate surface area is 124 Å². The molecule has 4 nitrogen and oxygen atoms in total. The molecule has 21 heavy (non-hydrogen) atoms. The van der Waals surface area contributed by atoms with Gasteiger partial charge in [-0.15, -0.1) is 0 Å². The average Bonchev–Trinajstić information content (AvgIpc) is 2.53. The molecule has 0 heterocycles. The number of carboxylic acid groups (broad SMARTS) is 1. The van der Waals surface area contributed by atoms with Crippen LogP contribution < -0.4 is 9.64 Å². The van der Waals surface area contributed by atoms with Crippen molar-refractivity contribution in [1.29, 1.82) is 0 Å². The predicted molar refractivity (Wildman–Crippen MR) is 83.1 cm³/mol. The van der Waals surface area contributed by atoms with E-state index in [2.05, 4.69) is 0 Å². The van der Waals surface area contributed by atoms with Crippen LogP contribution >= 0.6 is 0 Å². The van der Waals surface area contributed by atoms with Crippen LogP contribution in [0.25, 0.3) is 0 Å². The average molecular weight is 285 g/mol. The highest BCUT2D eigenvalue weighted by atomic mass is 16.5. The zero-order valence-corrected chi connectivity index (χ0v) is 12.2. The zero-order valence-electron chi connectivity index (χ0n) is 12.2. The van der Waals surface area contributed by atoms with Crippen LogP contribution in [0.1, 0.15) is 11.5 Å². The van der Waals surface area contributed by atoms with E-state index in [-0.39, 0.29) is 0 Å². The number of carbonyl (C=O) groups is 1. The lowest BCUT2D eigenvalue weighted by molar-refractivity contribution is -0.138. The van der Waals surface area contributed by atoms with Crippen LogP contribution in [0.15, 0.2) is 54.6 Å². The first kappa shape index (κ1) is 14.9. The Bertz CT molecular complexity index is 598. The lowest BCUT2D eigenvalue weighted by Crippen LogP contribution is -2.28. The lowest BCUT2D eigenvalue weighted by atomic mass is 9.98. The third kappa shape index (κ3) is 3.75. The highest BCUT2D eigenvalue weighted by Crippen LogP contribution is 2.23. The summed E-state index contributed by atoms with van der Waals surface area (Å²) in [6, 6.07) is 16.9. The highest BCUT2D eigenvalue weighted by Gasteiger charge is 2.21. The smallest absolute Gasteiger partial charge is 0.312 e. The molecule has 0 fully saturated rings. The summed E-state index contributed by atoms with van der Waals surface area (Å²) in [6.45, 7) is 0.395. The second kappa shape index (κ2) is 6.79. The molecule has 0 aliphatic carbocycles. The Kier molecular flexibility index (Phi) is 4.82. The molecule has 1 N–H and O–H groups in total. The fraction of sp³-hybridized carbons (Fsp3) is 0.235. The van der Waals surface area contributed by atoms with Crippen molar-refractivity contribution >= 4 is 11.7 Å². The number of nitrogens with zero attached hydrogens (tertiary/aromatic N) is 1. The molecule has 1 atom stereocenters. The molecule has 110 valence electrons. The summed E-state index contributed by atoms with van der Waals surface area (Å²) in [5.74, 6) is -0.635. The van der Waals surface area contributed by atoms with E-state index in [0.29, 0.717) is 6.54 Å². The molecule has 0 radical (unpaired) electrons. The van der Waals surface area contributed by atoms with Gasteiger partial charge in [-0.3, -0.25) is 4.79 Å². The lowest BCUT2D eigenvalue weighted by Gasteiger charge is -2.24. The first-order valence-corrected chi connectivity index (χ1v) is 6.74. The Balaban J connectivity index is 2.18. The van der Waals surface area contributed by atoms with Crippen LogP contribution in [0.3, 0.4) is 0 Å². The van der Waals surface area contributed by atoms with Crippen molar-refractivity contribution in [2.24, 2.45) is 0 Å². The minimum absolute atomic E-state index is 0.395. The second-order valence-electron chi connectivity index (χ2n) is 4.88. The predicted octanol–water partition coefficient (Wildman–Crippen LogP) is 3.00. The summed E-state index contributed by atoms with van der Waals surface area (Å²) >= 11 is 0. The van der Waals surface area contributed by atoms with Gasteiger partial charge in [0.15, 0.2) is 0 Å². The largest absolute Gasteiger partial charge is 0.497 e. The molecule has 0 bridgehead atoms. The van der Waals surface area contributed by atoms with E-state index in [1.54, 1.807) is 7.11 Å². The fourth-order valence-corrected chi connectivity index (χ4v) is 2.24. The minimum Gasteiger partial charge on any atom is -0.497 e. The van der Waals surface area contributed by atoms with Crippen molar-refractivity contribution in [3.05, 3.63) is 60.2 Å². The van der Waals surface area contributed by atoms with E-state index in [0.717, 1.165) is 17.0 Å². The Morgan fingerprint density at radius 1 is 1.19 bits per heavy atom. The fourth-order valence-electron chi connectivity index (χ4n) is 2.24. The molecule has 2 rings (SSSR count). The molecule has 2 aromatic rings. The van der Waals surface area contributed by atoms with Gasteiger partial charge in [-0.25, -0.2) is 0 Å². The third-order valence-corrected chi connectivity index (χ3v) is 3.45. The summed E-state index contributed by atoms with van der Waals surface area (Å²) < 4.78 is 5.20. The molecule has 2 aromatic carbocycles. The molecule has 0 saturated heterocycles. The van der Waals surface area contributed by atoms with Gasteiger partial charge < -0.3 is 14.7 Å². The Morgan fingerprint density at radius 2 is 1.90 bits per heavy atom. The Morgan fingerprint density at radius 3 is 2.52 bits per heavy atom. The quantitative estimate of drug-likeness (QED) is 0.886. The molecule has 0 saturated carbocycles. The molecule has 4 heteroatoms. The first-order valence-electron chi connectivity index (χ1n) is 6.74. The van der Waals surface area contributed by atoms with E-state index >= 15 is 0 Å². The van der Waals surface area contributed by atoms with Gasteiger partial charge in [-0.05, 0) is 17.7 Å². The van der Waals surface area contributed by atoms with Crippen molar-refractivity contribution in [2.75, 3.05) is 25.6 Å². The number of anilines is 1. The van der Waals surface area contributed by atoms with E-state index in [1.165, 1.54) is 0 Å². The number of carboxylic acids is 1. The first-order chi connectivity index (χ1) is 10.1. The van der Waals surface area contributed by atoms with Crippen molar-refractivity contribution in [3.63, 3.8) is 0 Å². The number of methoxy groups -OCH3 is 1. The van der Waals surface area contributed by atoms with Crippen LogP contribution in [0, 0.1) is 0 Å². The van der Waals surface area contributed by atoms with Gasteiger partial charge >= 0.3 is 5.97 Å². The summed E-state index contributed by atoms with van der Waals surface area (Å²) in [7, 11) is 3.50. The highest BCUT2D eigenvalue weighted by molar-refractivity contribution is 5.77. The van der Waals surface area contributed by atoms with Crippen molar-refractivity contribution < 1.29 is 14.6 Å². The SMILES string of the molecule is COc1cccc(N(C)CC(C(=O)O)c2ccccc2)c1. The normalized spacial score (nSPS) is 11.7. The van der Waals surface area contributed by atoms with E-state index in [1.807, 2.05) is 66.5 Å². The van der Waals surface area contributed by atoms with Gasteiger partial charge in [-0.2, -0.15) is 0 Å². The number of likely N-dealkylation sites (N-methyl/N-ethyl adjacent to an activating group) is 1. The van der Waals surface area contributed by atoms with E-state index in [9.17, 15) is 9.90 Å². The van der Waals surface area contributed by atoms with Crippen LogP contribution in [0.4, 0.5) is 5.69 Å². The number of hydrogen-bond donors (Lipinski definition) is 1. The van der Waals surface area contributed by atoms with Crippen LogP contribution in [-0.4, -0.2) is 31.8 Å². The summed E-state index contributed by atoms with van der Waals surface area (Å²) in [6.07, 6.45) is 0.